The summed E-state index contributed by atoms with van der Waals surface area (Å²) in [5, 5.41) is 2.18. The highest BCUT2D eigenvalue weighted by atomic mass is 19.2. The highest BCUT2D eigenvalue weighted by Crippen LogP contribution is 2.30. The molecule has 1 saturated carbocycles. The van der Waals surface area contributed by atoms with Gasteiger partial charge in [0.1, 0.15) is 5.82 Å². The summed E-state index contributed by atoms with van der Waals surface area (Å²) in [6.07, 6.45) is 1.83. The molecule has 0 aromatic heterocycles. The SMILES string of the molecule is NC1(C(=O)Nc2cc(F)c(F)cc2F)CCC1. The lowest BCUT2D eigenvalue weighted by Gasteiger charge is -2.36. The fraction of sp³-hybridized carbons (Fsp3) is 0.364. The molecule has 0 atom stereocenters. The molecule has 0 saturated heterocycles. The molecule has 1 fully saturated rings. The molecule has 2 rings (SSSR count). The molecule has 92 valence electrons. The van der Waals surface area contributed by atoms with Crippen LogP contribution in [0.15, 0.2) is 12.1 Å². The molecule has 6 heteroatoms. The normalized spacial score (nSPS) is 17.4. The second-order valence-corrected chi connectivity index (χ2v) is 4.21. The lowest BCUT2D eigenvalue weighted by molar-refractivity contribution is -0.123. The summed E-state index contributed by atoms with van der Waals surface area (Å²) in [5.74, 6) is -4.12. The van der Waals surface area contributed by atoms with Crippen molar-refractivity contribution < 1.29 is 18.0 Å². The number of amides is 1. The molecule has 1 amide bonds. The Morgan fingerprint density at radius 2 is 1.76 bits per heavy atom. The third-order valence-electron chi connectivity index (χ3n) is 2.96. The van der Waals surface area contributed by atoms with Crippen molar-refractivity contribution in [3.05, 3.63) is 29.6 Å². The van der Waals surface area contributed by atoms with Crippen LogP contribution in [-0.2, 0) is 4.79 Å². The van der Waals surface area contributed by atoms with Gasteiger partial charge in [-0.05, 0) is 19.3 Å². The van der Waals surface area contributed by atoms with E-state index < -0.39 is 34.6 Å². The molecule has 0 unspecified atom stereocenters. The van der Waals surface area contributed by atoms with E-state index in [-0.39, 0.29) is 0 Å². The Morgan fingerprint density at radius 3 is 2.29 bits per heavy atom. The average molecular weight is 244 g/mol. The third kappa shape index (κ3) is 2.12. The summed E-state index contributed by atoms with van der Waals surface area (Å²) < 4.78 is 38.8. The van der Waals surface area contributed by atoms with Crippen LogP contribution in [0.25, 0.3) is 0 Å². The van der Waals surface area contributed by atoms with Crippen LogP contribution in [0.2, 0.25) is 0 Å². The number of halogens is 3. The molecule has 3 N–H and O–H groups in total. The van der Waals surface area contributed by atoms with Crippen molar-refractivity contribution in [2.45, 2.75) is 24.8 Å². The van der Waals surface area contributed by atoms with Crippen LogP contribution < -0.4 is 11.1 Å². The van der Waals surface area contributed by atoms with Gasteiger partial charge in [0.15, 0.2) is 11.6 Å². The molecule has 17 heavy (non-hydrogen) atoms. The van der Waals surface area contributed by atoms with Crippen molar-refractivity contribution in [3.8, 4) is 0 Å². The van der Waals surface area contributed by atoms with E-state index in [4.69, 9.17) is 5.73 Å². The Hall–Kier alpha value is -1.56. The van der Waals surface area contributed by atoms with Gasteiger partial charge < -0.3 is 11.1 Å². The van der Waals surface area contributed by atoms with Gasteiger partial charge in [-0.15, -0.1) is 0 Å². The van der Waals surface area contributed by atoms with E-state index in [1.165, 1.54) is 0 Å². The van der Waals surface area contributed by atoms with Crippen LogP contribution >= 0.6 is 0 Å². The van der Waals surface area contributed by atoms with E-state index in [0.717, 1.165) is 6.42 Å². The minimum atomic E-state index is -1.30. The largest absolute Gasteiger partial charge is 0.322 e. The summed E-state index contributed by atoms with van der Waals surface area (Å²) in [6.45, 7) is 0. The van der Waals surface area contributed by atoms with Crippen molar-refractivity contribution in [2.24, 2.45) is 5.73 Å². The highest BCUT2D eigenvalue weighted by Gasteiger charge is 2.40. The number of carbonyl (C=O) groups is 1. The number of rotatable bonds is 2. The Kier molecular flexibility index (Phi) is 2.82. The third-order valence-corrected chi connectivity index (χ3v) is 2.96. The molecule has 0 heterocycles. The predicted molar refractivity (Wildman–Crippen MR) is 55.7 cm³/mol. The monoisotopic (exact) mass is 244 g/mol. The van der Waals surface area contributed by atoms with Crippen LogP contribution in [0.5, 0.6) is 0 Å². The van der Waals surface area contributed by atoms with Gasteiger partial charge in [0.05, 0.1) is 11.2 Å². The van der Waals surface area contributed by atoms with Gasteiger partial charge in [-0.3, -0.25) is 4.79 Å². The van der Waals surface area contributed by atoms with E-state index in [0.29, 0.717) is 25.0 Å². The number of hydrogen-bond acceptors (Lipinski definition) is 2. The first-order valence-electron chi connectivity index (χ1n) is 5.17. The first-order valence-corrected chi connectivity index (χ1v) is 5.17. The quantitative estimate of drug-likeness (QED) is 0.781. The minimum Gasteiger partial charge on any atom is -0.322 e. The number of anilines is 1. The van der Waals surface area contributed by atoms with Crippen LogP contribution in [0, 0.1) is 17.5 Å². The van der Waals surface area contributed by atoms with Gasteiger partial charge >= 0.3 is 0 Å². The number of nitrogens with one attached hydrogen (secondary N) is 1. The van der Waals surface area contributed by atoms with Crippen LogP contribution in [0.3, 0.4) is 0 Å². The van der Waals surface area contributed by atoms with E-state index >= 15 is 0 Å². The lowest BCUT2D eigenvalue weighted by Crippen LogP contribution is -2.56. The number of hydrogen-bond donors (Lipinski definition) is 2. The fourth-order valence-electron chi connectivity index (χ4n) is 1.65. The smallest absolute Gasteiger partial charge is 0.244 e. The van der Waals surface area contributed by atoms with Crippen molar-refractivity contribution >= 4 is 11.6 Å². The molecule has 1 aromatic rings. The van der Waals surface area contributed by atoms with E-state index in [9.17, 15) is 18.0 Å². The summed E-state index contributed by atoms with van der Waals surface area (Å²) >= 11 is 0. The van der Waals surface area contributed by atoms with Gasteiger partial charge in [-0.1, -0.05) is 0 Å². The zero-order valence-electron chi connectivity index (χ0n) is 8.90. The van der Waals surface area contributed by atoms with Gasteiger partial charge in [-0.2, -0.15) is 0 Å². The number of nitrogens with two attached hydrogens (primary N) is 1. The Bertz CT molecular complexity index is 472. The van der Waals surface area contributed by atoms with Crippen molar-refractivity contribution in [3.63, 3.8) is 0 Å². The topological polar surface area (TPSA) is 55.1 Å². The van der Waals surface area contributed by atoms with E-state index in [1.807, 2.05) is 0 Å². The number of carbonyl (C=O) groups excluding carboxylic acids is 1. The molecular formula is C11H11F3N2O. The zero-order chi connectivity index (χ0) is 12.6. The number of benzene rings is 1. The standard InChI is InChI=1S/C11H11F3N2O/c12-6-4-8(14)9(5-7(6)13)16-10(17)11(15)2-1-3-11/h4-5H,1-3,15H2,(H,16,17). The molecule has 1 aliphatic carbocycles. The van der Waals surface area contributed by atoms with Crippen LogP contribution in [0.4, 0.5) is 18.9 Å². The van der Waals surface area contributed by atoms with Crippen LogP contribution in [0.1, 0.15) is 19.3 Å². The second-order valence-electron chi connectivity index (χ2n) is 4.21. The van der Waals surface area contributed by atoms with Gasteiger partial charge in [-0.25, -0.2) is 13.2 Å². The van der Waals surface area contributed by atoms with Gasteiger partial charge in [0.2, 0.25) is 5.91 Å². The summed E-state index contributed by atoms with van der Waals surface area (Å²) in [4.78, 5) is 11.6. The van der Waals surface area contributed by atoms with E-state index in [1.54, 1.807) is 0 Å². The maximum atomic E-state index is 13.2. The van der Waals surface area contributed by atoms with Gasteiger partial charge in [0, 0.05) is 12.1 Å². The predicted octanol–water partition coefficient (Wildman–Crippen LogP) is 1.92. The maximum Gasteiger partial charge on any atom is 0.244 e. The molecule has 0 radical (unpaired) electrons. The van der Waals surface area contributed by atoms with Crippen LogP contribution in [-0.4, -0.2) is 11.4 Å². The first-order chi connectivity index (χ1) is 7.92. The fourth-order valence-corrected chi connectivity index (χ4v) is 1.65. The first kappa shape index (κ1) is 11.9. The molecular weight excluding hydrogens is 233 g/mol. The zero-order valence-corrected chi connectivity index (χ0v) is 8.90. The molecule has 0 spiro atoms. The molecule has 0 bridgehead atoms. The lowest BCUT2D eigenvalue weighted by atomic mass is 9.77. The molecule has 0 aliphatic heterocycles. The summed E-state index contributed by atoms with van der Waals surface area (Å²) in [7, 11) is 0. The summed E-state index contributed by atoms with van der Waals surface area (Å²) in [5.41, 5.74) is 4.30. The summed E-state index contributed by atoms with van der Waals surface area (Å²) in [6, 6.07) is 0.986. The highest BCUT2D eigenvalue weighted by molar-refractivity contribution is 5.98. The van der Waals surface area contributed by atoms with E-state index in [2.05, 4.69) is 5.32 Å². The van der Waals surface area contributed by atoms with Crippen molar-refractivity contribution in [1.29, 1.82) is 0 Å². The minimum absolute atomic E-state index is 0.384. The average Bonchev–Trinajstić information content (AvgIpc) is 2.22. The van der Waals surface area contributed by atoms with Gasteiger partial charge in [0.25, 0.3) is 0 Å². The Morgan fingerprint density at radius 1 is 1.18 bits per heavy atom. The second kappa shape index (κ2) is 4.03. The maximum absolute atomic E-state index is 13.2. The molecule has 1 aromatic carbocycles. The Labute approximate surface area is 95.8 Å². The van der Waals surface area contributed by atoms with Crippen molar-refractivity contribution in [2.75, 3.05) is 5.32 Å². The molecule has 1 aliphatic rings. The molecule has 3 nitrogen and oxygen atoms in total. The Balaban J connectivity index is 2.19. The van der Waals surface area contributed by atoms with Crippen molar-refractivity contribution in [1.82, 2.24) is 0 Å².